The molecule has 36 heavy (non-hydrogen) atoms. The molecule has 5 heteroatoms. The normalized spacial score (nSPS) is 19.1. The number of nitrogens with one attached hydrogen (secondary N) is 2. The Labute approximate surface area is 214 Å². The zero-order chi connectivity index (χ0) is 25.2. The quantitative estimate of drug-likeness (QED) is 0.407. The second-order valence-corrected chi connectivity index (χ2v) is 10.4. The summed E-state index contributed by atoms with van der Waals surface area (Å²) >= 11 is 0. The zero-order valence-electron chi connectivity index (χ0n) is 21.5. The number of carbonyl (C=O) groups is 1. The molecule has 0 aromatic heterocycles. The molecular weight excluding hydrogens is 446 g/mol. The van der Waals surface area contributed by atoms with Crippen LogP contribution in [0.25, 0.3) is 0 Å². The first-order chi connectivity index (χ1) is 17.4. The SMILES string of the molecule is CC(C)COc1ccc(C2CC(=O)C3=C(C2)Nc2ccccc2NC3c2ccc(N(C)C)cc2)cc1. The molecule has 2 atom stereocenters. The lowest BCUT2D eigenvalue weighted by molar-refractivity contribution is -0.116. The molecule has 186 valence electrons. The van der Waals surface area contributed by atoms with Crippen molar-refractivity contribution in [2.24, 2.45) is 5.92 Å². The predicted molar refractivity (Wildman–Crippen MR) is 148 cm³/mol. The number of anilines is 3. The summed E-state index contributed by atoms with van der Waals surface area (Å²) in [6.07, 6.45) is 1.28. The van der Waals surface area contributed by atoms with Crippen molar-refractivity contribution in [3.05, 3.63) is 95.2 Å². The van der Waals surface area contributed by atoms with Crippen molar-refractivity contribution in [3.8, 4) is 5.75 Å². The maximum atomic E-state index is 13.7. The number of ether oxygens (including phenoxy) is 1. The minimum atomic E-state index is -0.201. The molecule has 1 aliphatic heterocycles. The monoisotopic (exact) mass is 481 g/mol. The van der Waals surface area contributed by atoms with Gasteiger partial charge >= 0.3 is 0 Å². The fourth-order valence-electron chi connectivity index (χ4n) is 5.04. The molecule has 0 fully saturated rings. The summed E-state index contributed by atoms with van der Waals surface area (Å²) < 4.78 is 5.86. The minimum absolute atomic E-state index is 0.130. The van der Waals surface area contributed by atoms with Crippen LogP contribution in [0.2, 0.25) is 0 Å². The van der Waals surface area contributed by atoms with E-state index in [1.165, 1.54) is 5.56 Å². The summed E-state index contributed by atoms with van der Waals surface area (Å²) in [5.74, 6) is 1.68. The van der Waals surface area contributed by atoms with Crippen LogP contribution in [0.5, 0.6) is 5.75 Å². The standard InChI is InChI=1S/C31H35N3O2/c1-20(2)19-36-25-15-11-21(12-16-25)23-17-28-30(29(35)18-23)31(22-9-13-24(14-10-22)34(3)4)33-27-8-6-5-7-26(27)32-28/h5-16,20,23,31-33H,17-19H2,1-4H3. The molecule has 3 aromatic rings. The van der Waals surface area contributed by atoms with E-state index in [0.717, 1.165) is 46.1 Å². The smallest absolute Gasteiger partial charge is 0.163 e. The summed E-state index contributed by atoms with van der Waals surface area (Å²) in [7, 11) is 4.07. The third kappa shape index (κ3) is 4.97. The van der Waals surface area contributed by atoms with Gasteiger partial charge in [0.2, 0.25) is 0 Å². The van der Waals surface area contributed by atoms with Gasteiger partial charge in [0.15, 0.2) is 5.78 Å². The van der Waals surface area contributed by atoms with Crippen molar-refractivity contribution in [1.82, 2.24) is 0 Å². The third-order valence-electron chi connectivity index (χ3n) is 6.99. The average Bonchev–Trinajstić information content (AvgIpc) is 3.05. The highest BCUT2D eigenvalue weighted by atomic mass is 16.5. The zero-order valence-corrected chi connectivity index (χ0v) is 21.5. The number of nitrogens with zero attached hydrogens (tertiary/aromatic N) is 1. The number of allylic oxidation sites excluding steroid dienone is 1. The van der Waals surface area contributed by atoms with Crippen LogP contribution in [0, 0.1) is 5.92 Å². The number of Topliss-reactive ketones (excluding diaryl/α,β-unsaturated/α-hetero) is 1. The summed E-state index contributed by atoms with van der Waals surface area (Å²) in [6.45, 7) is 4.98. The number of rotatable bonds is 6. The van der Waals surface area contributed by atoms with Gasteiger partial charge in [0.05, 0.1) is 24.0 Å². The first-order valence-corrected chi connectivity index (χ1v) is 12.8. The van der Waals surface area contributed by atoms with Crippen LogP contribution >= 0.6 is 0 Å². The molecule has 5 rings (SSSR count). The Balaban J connectivity index is 1.47. The number of hydrogen-bond acceptors (Lipinski definition) is 5. The Hall–Kier alpha value is -3.73. The van der Waals surface area contributed by atoms with E-state index < -0.39 is 0 Å². The van der Waals surface area contributed by atoms with E-state index in [4.69, 9.17) is 4.74 Å². The Morgan fingerprint density at radius 1 is 0.889 bits per heavy atom. The highest BCUT2D eigenvalue weighted by Crippen LogP contribution is 2.44. The minimum Gasteiger partial charge on any atom is -0.493 e. The van der Waals surface area contributed by atoms with Crippen LogP contribution in [0.3, 0.4) is 0 Å². The third-order valence-corrected chi connectivity index (χ3v) is 6.99. The summed E-state index contributed by atoms with van der Waals surface area (Å²) in [4.78, 5) is 15.8. The number of para-hydroxylation sites is 2. The van der Waals surface area contributed by atoms with Gasteiger partial charge in [-0.1, -0.05) is 50.2 Å². The van der Waals surface area contributed by atoms with Crippen molar-refractivity contribution in [3.63, 3.8) is 0 Å². The van der Waals surface area contributed by atoms with Crippen molar-refractivity contribution in [2.45, 2.75) is 38.6 Å². The van der Waals surface area contributed by atoms with Gasteiger partial charge in [0.1, 0.15) is 5.75 Å². The molecule has 5 nitrogen and oxygen atoms in total. The lowest BCUT2D eigenvalue weighted by Gasteiger charge is -2.30. The number of ketones is 1. The van der Waals surface area contributed by atoms with Crippen LogP contribution in [0.1, 0.15) is 49.8 Å². The molecular formula is C31H35N3O2. The van der Waals surface area contributed by atoms with Crippen molar-refractivity contribution in [2.75, 3.05) is 36.2 Å². The van der Waals surface area contributed by atoms with E-state index in [2.05, 4.69) is 77.9 Å². The molecule has 2 aliphatic rings. The molecule has 0 spiro atoms. The molecule has 0 saturated carbocycles. The first-order valence-electron chi connectivity index (χ1n) is 12.8. The van der Waals surface area contributed by atoms with E-state index in [9.17, 15) is 4.79 Å². The van der Waals surface area contributed by atoms with Gasteiger partial charge in [0, 0.05) is 37.5 Å². The van der Waals surface area contributed by atoms with Crippen molar-refractivity contribution >= 4 is 22.8 Å². The topological polar surface area (TPSA) is 53.6 Å². The summed E-state index contributed by atoms with van der Waals surface area (Å²) in [6, 6.07) is 24.7. The molecule has 2 unspecified atom stereocenters. The molecule has 0 bridgehead atoms. The van der Waals surface area contributed by atoms with Crippen LogP contribution in [0.4, 0.5) is 17.1 Å². The Morgan fingerprint density at radius 2 is 1.56 bits per heavy atom. The maximum absolute atomic E-state index is 13.7. The highest BCUT2D eigenvalue weighted by molar-refractivity contribution is 6.01. The number of fused-ring (bicyclic) bond motifs is 1. The van der Waals surface area contributed by atoms with Crippen LogP contribution < -0.4 is 20.3 Å². The molecule has 2 N–H and O–H groups in total. The number of carbonyl (C=O) groups excluding carboxylic acids is 1. The van der Waals surface area contributed by atoms with E-state index in [-0.39, 0.29) is 17.7 Å². The van der Waals surface area contributed by atoms with Gasteiger partial charge in [0.25, 0.3) is 0 Å². The van der Waals surface area contributed by atoms with Gasteiger partial charge < -0.3 is 20.3 Å². The maximum Gasteiger partial charge on any atom is 0.163 e. The fourth-order valence-corrected chi connectivity index (χ4v) is 5.04. The Morgan fingerprint density at radius 3 is 2.22 bits per heavy atom. The number of hydrogen-bond donors (Lipinski definition) is 2. The molecule has 1 heterocycles. The van der Waals surface area contributed by atoms with Crippen LogP contribution in [0.15, 0.2) is 84.1 Å². The van der Waals surface area contributed by atoms with Gasteiger partial charge in [-0.25, -0.2) is 0 Å². The van der Waals surface area contributed by atoms with Crippen molar-refractivity contribution < 1.29 is 9.53 Å². The largest absolute Gasteiger partial charge is 0.493 e. The van der Waals surface area contributed by atoms with E-state index >= 15 is 0 Å². The lowest BCUT2D eigenvalue weighted by atomic mass is 9.78. The van der Waals surface area contributed by atoms with Gasteiger partial charge in [-0.3, -0.25) is 4.79 Å². The van der Waals surface area contributed by atoms with Crippen molar-refractivity contribution in [1.29, 1.82) is 0 Å². The Bertz CT molecular complexity index is 1260. The fraction of sp³-hybridized carbons (Fsp3) is 0.323. The summed E-state index contributed by atoms with van der Waals surface area (Å²) in [5, 5.41) is 7.30. The van der Waals surface area contributed by atoms with Gasteiger partial charge in [-0.2, -0.15) is 0 Å². The van der Waals surface area contributed by atoms with Gasteiger partial charge in [-0.15, -0.1) is 0 Å². The average molecular weight is 482 g/mol. The van der Waals surface area contributed by atoms with E-state index in [1.807, 2.05) is 38.4 Å². The second kappa shape index (κ2) is 10.1. The van der Waals surface area contributed by atoms with Crippen LogP contribution in [-0.2, 0) is 4.79 Å². The lowest BCUT2D eigenvalue weighted by Crippen LogP contribution is -2.27. The predicted octanol–water partition coefficient (Wildman–Crippen LogP) is 6.77. The molecule has 0 amide bonds. The van der Waals surface area contributed by atoms with E-state index in [0.29, 0.717) is 18.9 Å². The first kappa shape index (κ1) is 24.0. The molecule has 3 aromatic carbocycles. The summed E-state index contributed by atoms with van der Waals surface area (Å²) in [5.41, 5.74) is 7.26. The molecule has 0 saturated heterocycles. The Kier molecular flexibility index (Phi) is 6.73. The van der Waals surface area contributed by atoms with Crippen LogP contribution in [-0.4, -0.2) is 26.5 Å². The molecule has 1 aliphatic carbocycles. The van der Waals surface area contributed by atoms with E-state index in [1.54, 1.807) is 0 Å². The highest BCUT2D eigenvalue weighted by Gasteiger charge is 2.36. The second-order valence-electron chi connectivity index (χ2n) is 10.4. The number of benzene rings is 3. The van der Waals surface area contributed by atoms with Gasteiger partial charge in [-0.05, 0) is 65.8 Å². The molecule has 0 radical (unpaired) electrons.